The fourth-order valence-corrected chi connectivity index (χ4v) is 1.56. The molecular weight excluding hydrogens is 168 g/mol. The van der Waals surface area contributed by atoms with E-state index in [1.165, 1.54) is 4.90 Å². The van der Waals surface area contributed by atoms with Crippen LogP contribution >= 0.6 is 11.8 Å². The number of hydrogen-bond donors (Lipinski definition) is 1. The molecule has 1 rings (SSSR count). The molecular formula is C10H12OS. The van der Waals surface area contributed by atoms with Crippen LogP contribution in [0.1, 0.15) is 0 Å². The monoisotopic (exact) mass is 180 g/mol. The number of thioether (sulfide) groups is 1. The first-order valence-corrected chi connectivity index (χ1v) is 4.77. The van der Waals surface area contributed by atoms with E-state index in [-0.39, 0.29) is 6.61 Å². The molecule has 64 valence electrons. The van der Waals surface area contributed by atoms with Crippen LogP contribution in [0.2, 0.25) is 0 Å². The third kappa shape index (κ3) is 3.11. The van der Waals surface area contributed by atoms with Gasteiger partial charge in [0.05, 0.1) is 6.61 Å². The van der Waals surface area contributed by atoms with Gasteiger partial charge < -0.3 is 5.11 Å². The standard InChI is InChI=1S/C10H12OS/c1-9(7-11)8-12-10-5-3-2-4-6-10/h2-6,11H,1,7-8H2. The highest BCUT2D eigenvalue weighted by Gasteiger charge is 1.94. The summed E-state index contributed by atoms with van der Waals surface area (Å²) in [5.74, 6) is 0.792. The van der Waals surface area contributed by atoms with Crippen molar-refractivity contribution >= 4 is 11.8 Å². The third-order valence-electron chi connectivity index (χ3n) is 1.41. The molecule has 0 atom stereocenters. The number of aliphatic hydroxyl groups is 1. The molecule has 0 saturated heterocycles. The van der Waals surface area contributed by atoms with Crippen LogP contribution in [0.15, 0.2) is 47.4 Å². The molecule has 1 N–H and O–H groups in total. The van der Waals surface area contributed by atoms with Gasteiger partial charge in [0, 0.05) is 10.6 Å². The Balaban J connectivity index is 2.38. The smallest absolute Gasteiger partial charge is 0.0647 e. The van der Waals surface area contributed by atoms with Gasteiger partial charge >= 0.3 is 0 Å². The molecule has 0 aliphatic rings. The summed E-state index contributed by atoms with van der Waals surface area (Å²) in [4.78, 5) is 1.21. The van der Waals surface area contributed by atoms with Gasteiger partial charge in [-0.15, -0.1) is 11.8 Å². The topological polar surface area (TPSA) is 20.2 Å². The average molecular weight is 180 g/mol. The minimum atomic E-state index is 0.0832. The first kappa shape index (κ1) is 9.36. The summed E-state index contributed by atoms with van der Waals surface area (Å²) < 4.78 is 0. The molecule has 0 amide bonds. The number of rotatable bonds is 4. The average Bonchev–Trinajstić information content (AvgIpc) is 2.16. The Morgan fingerprint density at radius 1 is 1.33 bits per heavy atom. The Labute approximate surface area is 77.1 Å². The Morgan fingerprint density at radius 2 is 2.00 bits per heavy atom. The molecule has 0 unspecified atom stereocenters. The Kier molecular flexibility index (Phi) is 3.91. The highest BCUT2D eigenvalue weighted by atomic mass is 32.2. The Bertz CT molecular complexity index is 243. The summed E-state index contributed by atoms with van der Waals surface area (Å²) >= 11 is 1.69. The van der Waals surface area contributed by atoms with Gasteiger partial charge in [0.15, 0.2) is 0 Å². The van der Waals surface area contributed by atoms with E-state index in [2.05, 4.69) is 18.7 Å². The second-order valence-electron chi connectivity index (χ2n) is 2.51. The molecule has 1 aromatic rings. The fourth-order valence-electron chi connectivity index (χ4n) is 0.748. The van der Waals surface area contributed by atoms with Crippen LogP contribution in [0.3, 0.4) is 0 Å². The lowest BCUT2D eigenvalue weighted by atomic mass is 10.4. The van der Waals surface area contributed by atoms with Crippen LogP contribution in [0.4, 0.5) is 0 Å². The molecule has 0 saturated carbocycles. The van der Waals surface area contributed by atoms with Gasteiger partial charge in [-0.05, 0) is 17.7 Å². The quantitative estimate of drug-likeness (QED) is 0.567. The molecule has 0 aromatic heterocycles. The van der Waals surface area contributed by atoms with E-state index in [9.17, 15) is 0 Å². The van der Waals surface area contributed by atoms with Gasteiger partial charge in [-0.1, -0.05) is 24.8 Å². The van der Waals surface area contributed by atoms with Crippen LogP contribution in [0.5, 0.6) is 0 Å². The normalized spacial score (nSPS) is 9.75. The van der Waals surface area contributed by atoms with Gasteiger partial charge in [-0.3, -0.25) is 0 Å². The van der Waals surface area contributed by atoms with Crippen molar-refractivity contribution in [1.29, 1.82) is 0 Å². The highest BCUT2D eigenvalue weighted by Crippen LogP contribution is 2.18. The van der Waals surface area contributed by atoms with Gasteiger partial charge in [0.2, 0.25) is 0 Å². The predicted molar refractivity (Wildman–Crippen MR) is 53.4 cm³/mol. The van der Waals surface area contributed by atoms with Crippen LogP contribution < -0.4 is 0 Å². The lowest BCUT2D eigenvalue weighted by Crippen LogP contribution is -1.90. The zero-order valence-corrected chi connectivity index (χ0v) is 7.68. The van der Waals surface area contributed by atoms with Crippen LogP contribution in [-0.4, -0.2) is 17.5 Å². The van der Waals surface area contributed by atoms with E-state index in [0.29, 0.717) is 0 Å². The van der Waals surface area contributed by atoms with Crippen molar-refractivity contribution in [2.24, 2.45) is 0 Å². The van der Waals surface area contributed by atoms with Crippen LogP contribution in [0.25, 0.3) is 0 Å². The zero-order valence-electron chi connectivity index (χ0n) is 6.86. The van der Waals surface area contributed by atoms with Crippen molar-refractivity contribution in [3.05, 3.63) is 42.5 Å². The van der Waals surface area contributed by atoms with Crippen LogP contribution in [0, 0.1) is 0 Å². The van der Waals surface area contributed by atoms with Crippen molar-refractivity contribution in [3.8, 4) is 0 Å². The second-order valence-corrected chi connectivity index (χ2v) is 3.56. The minimum absolute atomic E-state index is 0.0832. The van der Waals surface area contributed by atoms with E-state index in [1.54, 1.807) is 11.8 Å². The fraction of sp³-hybridized carbons (Fsp3) is 0.200. The lowest BCUT2D eigenvalue weighted by molar-refractivity contribution is 0.332. The summed E-state index contributed by atoms with van der Waals surface area (Å²) in [5.41, 5.74) is 0.865. The second kappa shape index (κ2) is 5.01. The van der Waals surface area contributed by atoms with E-state index in [0.717, 1.165) is 11.3 Å². The maximum Gasteiger partial charge on any atom is 0.0647 e. The lowest BCUT2D eigenvalue weighted by Gasteiger charge is -2.01. The van der Waals surface area contributed by atoms with Crippen molar-refractivity contribution in [2.75, 3.05) is 12.4 Å². The summed E-state index contributed by atoms with van der Waals surface area (Å²) in [6, 6.07) is 10.1. The summed E-state index contributed by atoms with van der Waals surface area (Å²) in [5, 5.41) is 8.70. The van der Waals surface area contributed by atoms with Crippen molar-refractivity contribution < 1.29 is 5.11 Å². The molecule has 0 aliphatic heterocycles. The Morgan fingerprint density at radius 3 is 2.58 bits per heavy atom. The molecule has 2 heteroatoms. The van der Waals surface area contributed by atoms with Gasteiger partial charge in [0.25, 0.3) is 0 Å². The molecule has 0 fully saturated rings. The molecule has 1 nitrogen and oxygen atoms in total. The first-order chi connectivity index (χ1) is 5.83. The van der Waals surface area contributed by atoms with Gasteiger partial charge in [-0.2, -0.15) is 0 Å². The molecule has 0 heterocycles. The largest absolute Gasteiger partial charge is 0.392 e. The maximum atomic E-state index is 8.70. The van der Waals surface area contributed by atoms with Crippen molar-refractivity contribution in [1.82, 2.24) is 0 Å². The van der Waals surface area contributed by atoms with E-state index in [4.69, 9.17) is 5.11 Å². The molecule has 0 spiro atoms. The highest BCUT2D eigenvalue weighted by molar-refractivity contribution is 7.99. The zero-order chi connectivity index (χ0) is 8.81. The SMILES string of the molecule is C=C(CO)CSc1ccccc1. The van der Waals surface area contributed by atoms with Crippen LogP contribution in [-0.2, 0) is 0 Å². The molecule has 12 heavy (non-hydrogen) atoms. The van der Waals surface area contributed by atoms with Gasteiger partial charge in [0.1, 0.15) is 0 Å². The van der Waals surface area contributed by atoms with Crippen molar-refractivity contribution in [3.63, 3.8) is 0 Å². The molecule has 1 aromatic carbocycles. The van der Waals surface area contributed by atoms with Crippen molar-refractivity contribution in [2.45, 2.75) is 4.90 Å². The minimum Gasteiger partial charge on any atom is -0.392 e. The summed E-state index contributed by atoms with van der Waals surface area (Å²) in [6.45, 7) is 3.80. The van der Waals surface area contributed by atoms with E-state index in [1.807, 2.05) is 18.2 Å². The van der Waals surface area contributed by atoms with E-state index >= 15 is 0 Å². The number of benzene rings is 1. The molecule has 0 aliphatic carbocycles. The first-order valence-electron chi connectivity index (χ1n) is 3.78. The summed E-state index contributed by atoms with van der Waals surface area (Å²) in [7, 11) is 0. The Hall–Kier alpha value is -0.730. The predicted octanol–water partition coefficient (Wildman–Crippen LogP) is 2.33. The number of aliphatic hydroxyl groups excluding tert-OH is 1. The number of hydrogen-bond acceptors (Lipinski definition) is 2. The molecule has 0 radical (unpaired) electrons. The maximum absolute atomic E-state index is 8.70. The summed E-state index contributed by atoms with van der Waals surface area (Å²) in [6.07, 6.45) is 0. The van der Waals surface area contributed by atoms with Gasteiger partial charge in [-0.25, -0.2) is 0 Å². The molecule has 0 bridgehead atoms. The van der Waals surface area contributed by atoms with E-state index < -0.39 is 0 Å². The third-order valence-corrected chi connectivity index (χ3v) is 2.57.